The highest BCUT2D eigenvalue weighted by Crippen LogP contribution is 2.56. The minimum Gasteiger partial charge on any atom is -0.462 e. The summed E-state index contributed by atoms with van der Waals surface area (Å²) in [7, 11) is 0. The summed E-state index contributed by atoms with van der Waals surface area (Å²) in [6.45, 7) is 9.25. The summed E-state index contributed by atoms with van der Waals surface area (Å²) in [5, 5.41) is 5.28. The third kappa shape index (κ3) is 12.3. The summed E-state index contributed by atoms with van der Waals surface area (Å²) in [4.78, 5) is 23.4. The van der Waals surface area contributed by atoms with E-state index >= 15 is 0 Å². The van der Waals surface area contributed by atoms with Crippen molar-refractivity contribution >= 4 is 30.2 Å². The van der Waals surface area contributed by atoms with E-state index < -0.39 is 30.4 Å². The molecule has 0 aromatic carbocycles. The predicted octanol–water partition coefficient (Wildman–Crippen LogP) is 3.32. The van der Waals surface area contributed by atoms with Crippen LogP contribution in [0.2, 0.25) is 0 Å². The van der Waals surface area contributed by atoms with Gasteiger partial charge in [-0.3, -0.25) is 9.36 Å². The van der Waals surface area contributed by atoms with Crippen LogP contribution in [-0.2, 0) is 23.4 Å². The number of esters is 1. The molecule has 1 unspecified atom stereocenters. The van der Waals surface area contributed by atoms with Crippen LogP contribution in [0.1, 0.15) is 48.5 Å². The monoisotopic (exact) mass is 398 g/mol. The molecule has 0 rings (SSSR count). The normalized spacial score (nSPS) is 15.4. The third-order valence-electron chi connectivity index (χ3n) is 2.39. The highest BCUT2D eigenvalue weighted by Gasteiger charge is 2.29. The van der Waals surface area contributed by atoms with Gasteiger partial charge in [0.15, 0.2) is 0 Å². The van der Waals surface area contributed by atoms with Gasteiger partial charge in [0, 0.05) is 12.3 Å². The smallest absolute Gasteiger partial charge is 0.407 e. The first-order chi connectivity index (χ1) is 11.4. The van der Waals surface area contributed by atoms with E-state index in [2.05, 4.69) is 10.4 Å². The number of carbonyl (C=O) groups excluding carboxylic acids is 2. The summed E-state index contributed by atoms with van der Waals surface area (Å²) in [6, 6.07) is -0.772. The topological polar surface area (TPSA) is 103 Å². The molecule has 10 heteroatoms. The standard InChI is InChI=1S/C15H31N2O6PS/c1-8-21-24(20,17-12(4)13(18)22-11(2)3)25-10-9-16-14(19)23-15(5,6)7/h11-12H,8-10H2,1-7H3,(H,16,19)(H,17,20)/t12-,24?/m0/s1. The number of hydrogen-bond acceptors (Lipinski definition) is 7. The van der Waals surface area contributed by atoms with E-state index in [-0.39, 0.29) is 19.3 Å². The van der Waals surface area contributed by atoms with Crippen molar-refractivity contribution < 1.29 is 28.2 Å². The van der Waals surface area contributed by atoms with Crippen LogP contribution < -0.4 is 10.4 Å². The Balaban J connectivity index is 4.45. The Labute approximate surface area is 154 Å². The van der Waals surface area contributed by atoms with Crippen LogP contribution in [-0.4, -0.2) is 48.7 Å². The maximum atomic E-state index is 12.8. The van der Waals surface area contributed by atoms with Gasteiger partial charge in [0.2, 0.25) is 0 Å². The molecule has 25 heavy (non-hydrogen) atoms. The molecule has 0 saturated carbocycles. The van der Waals surface area contributed by atoms with E-state index in [0.29, 0.717) is 5.75 Å². The van der Waals surface area contributed by atoms with Gasteiger partial charge in [-0.25, -0.2) is 9.88 Å². The van der Waals surface area contributed by atoms with E-state index in [0.717, 1.165) is 11.4 Å². The number of alkyl carbamates (subject to hydrolysis) is 1. The van der Waals surface area contributed by atoms with Crippen LogP contribution in [0.3, 0.4) is 0 Å². The van der Waals surface area contributed by atoms with Crippen molar-refractivity contribution in [2.75, 3.05) is 18.9 Å². The molecule has 2 atom stereocenters. The van der Waals surface area contributed by atoms with E-state index in [9.17, 15) is 14.2 Å². The van der Waals surface area contributed by atoms with Gasteiger partial charge in [0.1, 0.15) is 11.6 Å². The molecule has 8 nitrogen and oxygen atoms in total. The first-order valence-electron chi connectivity index (χ1n) is 8.23. The molecule has 0 aromatic rings. The lowest BCUT2D eigenvalue weighted by Gasteiger charge is -2.23. The summed E-state index contributed by atoms with van der Waals surface area (Å²) in [5.41, 5.74) is -0.578. The molecular weight excluding hydrogens is 367 g/mol. The van der Waals surface area contributed by atoms with Crippen LogP contribution >= 0.6 is 18.1 Å². The van der Waals surface area contributed by atoms with Crippen molar-refractivity contribution in [3.63, 3.8) is 0 Å². The molecule has 0 aromatic heterocycles. The molecule has 0 saturated heterocycles. The highest BCUT2D eigenvalue weighted by molar-refractivity contribution is 8.56. The van der Waals surface area contributed by atoms with Crippen LogP contribution in [0.4, 0.5) is 4.79 Å². The Bertz CT molecular complexity index is 481. The zero-order chi connectivity index (χ0) is 19.7. The van der Waals surface area contributed by atoms with Crippen molar-refractivity contribution in [3.8, 4) is 0 Å². The fraction of sp³-hybridized carbons (Fsp3) is 0.867. The van der Waals surface area contributed by atoms with E-state index in [1.54, 1.807) is 48.5 Å². The number of rotatable bonds is 10. The van der Waals surface area contributed by atoms with Gasteiger partial charge in [-0.15, -0.1) is 0 Å². The predicted molar refractivity (Wildman–Crippen MR) is 99.8 cm³/mol. The van der Waals surface area contributed by atoms with Gasteiger partial charge in [0.05, 0.1) is 12.7 Å². The largest absolute Gasteiger partial charge is 0.462 e. The number of hydrogen-bond donors (Lipinski definition) is 2. The van der Waals surface area contributed by atoms with Crippen LogP contribution in [0.15, 0.2) is 0 Å². The molecule has 0 heterocycles. The van der Waals surface area contributed by atoms with Gasteiger partial charge in [-0.05, 0) is 48.5 Å². The SMILES string of the molecule is CCOP(=O)(N[C@@H](C)C(=O)OC(C)C)SCCNC(=O)OC(C)(C)C. The quantitative estimate of drug-likeness (QED) is 0.328. The fourth-order valence-corrected chi connectivity index (χ4v) is 5.35. The van der Waals surface area contributed by atoms with Crippen LogP contribution in [0, 0.1) is 0 Å². The summed E-state index contributed by atoms with van der Waals surface area (Å²) >= 11 is 1.02. The second-order valence-electron chi connectivity index (χ2n) is 6.51. The number of carbonyl (C=O) groups is 2. The molecule has 0 aliphatic heterocycles. The highest BCUT2D eigenvalue weighted by atomic mass is 32.7. The van der Waals surface area contributed by atoms with Crippen molar-refractivity contribution in [3.05, 3.63) is 0 Å². The molecule has 0 aliphatic carbocycles. The van der Waals surface area contributed by atoms with Crippen molar-refractivity contribution in [1.29, 1.82) is 0 Å². The first kappa shape index (κ1) is 24.2. The summed E-state index contributed by atoms with van der Waals surface area (Å²) < 4.78 is 28.3. The lowest BCUT2D eigenvalue weighted by Crippen LogP contribution is -2.35. The molecule has 1 amide bonds. The van der Waals surface area contributed by atoms with E-state index in [1.165, 1.54) is 0 Å². The van der Waals surface area contributed by atoms with Crippen molar-refractivity contribution in [2.45, 2.75) is 66.2 Å². The lowest BCUT2D eigenvalue weighted by atomic mass is 10.2. The minimum absolute atomic E-state index is 0.225. The zero-order valence-corrected chi connectivity index (χ0v) is 17.8. The van der Waals surface area contributed by atoms with Gasteiger partial charge in [0.25, 0.3) is 0 Å². The second-order valence-corrected chi connectivity index (χ2v) is 10.9. The average Bonchev–Trinajstić information content (AvgIpc) is 2.41. The number of nitrogens with one attached hydrogen (secondary N) is 2. The van der Waals surface area contributed by atoms with Gasteiger partial charge >= 0.3 is 18.8 Å². The van der Waals surface area contributed by atoms with Crippen molar-refractivity contribution in [2.24, 2.45) is 0 Å². The number of ether oxygens (including phenoxy) is 2. The minimum atomic E-state index is -3.30. The van der Waals surface area contributed by atoms with Crippen molar-refractivity contribution in [1.82, 2.24) is 10.4 Å². The van der Waals surface area contributed by atoms with Gasteiger partial charge in [-0.2, -0.15) is 0 Å². The van der Waals surface area contributed by atoms with Crippen LogP contribution in [0.5, 0.6) is 0 Å². The maximum absolute atomic E-state index is 12.8. The number of amides is 1. The van der Waals surface area contributed by atoms with E-state index in [4.69, 9.17) is 14.0 Å². The molecule has 0 radical (unpaired) electrons. The lowest BCUT2D eigenvalue weighted by molar-refractivity contribution is -0.149. The molecule has 0 fully saturated rings. The second kappa shape index (κ2) is 11.1. The van der Waals surface area contributed by atoms with Gasteiger partial charge < -0.3 is 19.3 Å². The molecule has 148 valence electrons. The Morgan fingerprint density at radius 1 is 1.20 bits per heavy atom. The summed E-state index contributed by atoms with van der Waals surface area (Å²) in [6.07, 6.45) is -0.796. The Kier molecular flexibility index (Phi) is 10.7. The molecule has 0 bridgehead atoms. The third-order valence-corrected chi connectivity index (χ3v) is 6.62. The fourth-order valence-electron chi connectivity index (χ4n) is 1.54. The maximum Gasteiger partial charge on any atom is 0.407 e. The van der Waals surface area contributed by atoms with Crippen LogP contribution in [0.25, 0.3) is 0 Å². The molecule has 0 aliphatic rings. The average molecular weight is 398 g/mol. The Hall–Kier alpha value is -0.760. The molecule has 0 spiro atoms. The molecule has 2 N–H and O–H groups in total. The Morgan fingerprint density at radius 3 is 2.28 bits per heavy atom. The molecular formula is C15H31N2O6PS. The first-order valence-corrected chi connectivity index (χ1v) is 11.4. The zero-order valence-electron chi connectivity index (χ0n) is 16.1. The van der Waals surface area contributed by atoms with E-state index in [1.807, 2.05) is 0 Å². The van der Waals surface area contributed by atoms with Gasteiger partial charge in [-0.1, -0.05) is 11.4 Å². The Morgan fingerprint density at radius 2 is 1.80 bits per heavy atom. The summed E-state index contributed by atoms with van der Waals surface area (Å²) in [5.74, 6) is -0.169.